The van der Waals surface area contributed by atoms with Gasteiger partial charge in [0, 0.05) is 17.4 Å². The van der Waals surface area contributed by atoms with E-state index in [0.717, 1.165) is 11.1 Å². The van der Waals surface area contributed by atoms with Crippen LogP contribution in [0.5, 0.6) is 0 Å². The van der Waals surface area contributed by atoms with Crippen LogP contribution in [0, 0.1) is 0 Å². The Balaban J connectivity index is 1.91. The van der Waals surface area contributed by atoms with Crippen molar-refractivity contribution in [1.82, 2.24) is 9.13 Å². The summed E-state index contributed by atoms with van der Waals surface area (Å²) in [5, 5.41) is 0.577. The molecule has 2 aromatic carbocycles. The fourth-order valence-corrected chi connectivity index (χ4v) is 2.58. The zero-order valence-electron chi connectivity index (χ0n) is 12.4. The van der Waals surface area contributed by atoms with Crippen molar-refractivity contribution < 1.29 is 0 Å². The highest BCUT2D eigenvalue weighted by Crippen LogP contribution is 2.15. The lowest BCUT2D eigenvalue weighted by Gasteiger charge is -2.10. The number of aromatic nitrogens is 2. The van der Waals surface area contributed by atoms with Crippen molar-refractivity contribution in [2.45, 2.75) is 13.1 Å². The van der Waals surface area contributed by atoms with Crippen molar-refractivity contribution in [3.8, 4) is 0 Å². The van der Waals surface area contributed by atoms with Gasteiger partial charge >= 0.3 is 11.1 Å². The minimum Gasteiger partial charge on any atom is -0.305 e. The van der Waals surface area contributed by atoms with E-state index in [9.17, 15) is 9.59 Å². The van der Waals surface area contributed by atoms with Gasteiger partial charge in [0.05, 0.1) is 13.1 Å². The Morgan fingerprint density at radius 2 is 1.30 bits per heavy atom. The van der Waals surface area contributed by atoms with Crippen molar-refractivity contribution >= 4 is 11.6 Å². The second-order valence-electron chi connectivity index (χ2n) is 5.24. The molecule has 0 saturated heterocycles. The fraction of sp³-hybridized carbons (Fsp3) is 0.111. The van der Waals surface area contributed by atoms with Crippen LogP contribution in [0.1, 0.15) is 11.1 Å². The highest BCUT2D eigenvalue weighted by atomic mass is 35.5. The Bertz CT molecular complexity index is 929. The highest BCUT2D eigenvalue weighted by molar-refractivity contribution is 6.31. The molecule has 23 heavy (non-hydrogen) atoms. The second kappa shape index (κ2) is 6.67. The largest absolute Gasteiger partial charge is 0.316 e. The van der Waals surface area contributed by atoms with E-state index in [1.54, 1.807) is 18.5 Å². The van der Waals surface area contributed by atoms with E-state index < -0.39 is 11.1 Å². The number of hydrogen-bond donors (Lipinski definition) is 0. The number of benzene rings is 2. The summed E-state index contributed by atoms with van der Waals surface area (Å²) in [5.41, 5.74) is 0.682. The third-order valence-corrected chi connectivity index (χ3v) is 3.99. The van der Waals surface area contributed by atoms with Crippen LogP contribution < -0.4 is 11.1 Å². The van der Waals surface area contributed by atoms with E-state index in [2.05, 4.69) is 0 Å². The molecule has 0 fully saturated rings. The molecule has 3 rings (SSSR count). The van der Waals surface area contributed by atoms with Crippen molar-refractivity contribution in [3.63, 3.8) is 0 Å². The van der Waals surface area contributed by atoms with Crippen LogP contribution in [0.25, 0.3) is 0 Å². The first-order chi connectivity index (χ1) is 11.1. The summed E-state index contributed by atoms with van der Waals surface area (Å²) in [6.45, 7) is 0.655. The first-order valence-electron chi connectivity index (χ1n) is 7.22. The number of rotatable bonds is 4. The molecule has 0 radical (unpaired) electrons. The average molecular weight is 327 g/mol. The van der Waals surface area contributed by atoms with Gasteiger partial charge in [0.25, 0.3) is 0 Å². The molecule has 0 aliphatic carbocycles. The first kappa shape index (κ1) is 15.3. The Labute approximate surface area is 138 Å². The van der Waals surface area contributed by atoms with E-state index in [1.165, 1.54) is 9.13 Å². The maximum atomic E-state index is 12.3. The van der Waals surface area contributed by atoms with Gasteiger partial charge < -0.3 is 9.13 Å². The van der Waals surface area contributed by atoms with Gasteiger partial charge in [0.2, 0.25) is 0 Å². The summed E-state index contributed by atoms with van der Waals surface area (Å²) in [7, 11) is 0. The van der Waals surface area contributed by atoms with Gasteiger partial charge in [-0.3, -0.25) is 9.59 Å². The molecule has 5 heteroatoms. The molecule has 0 aliphatic rings. The molecule has 4 nitrogen and oxygen atoms in total. The van der Waals surface area contributed by atoms with Crippen LogP contribution >= 0.6 is 11.6 Å². The summed E-state index contributed by atoms with van der Waals surface area (Å²) in [6, 6.07) is 16.8. The predicted octanol–water partition coefficient (Wildman–Crippen LogP) is 2.76. The molecule has 0 bridgehead atoms. The molecule has 1 heterocycles. The van der Waals surface area contributed by atoms with Gasteiger partial charge in [-0.2, -0.15) is 0 Å². The Kier molecular flexibility index (Phi) is 4.44. The predicted molar refractivity (Wildman–Crippen MR) is 91.1 cm³/mol. The third-order valence-electron chi connectivity index (χ3n) is 3.63. The average Bonchev–Trinajstić information content (AvgIpc) is 2.57. The van der Waals surface area contributed by atoms with Gasteiger partial charge in [-0.25, -0.2) is 0 Å². The van der Waals surface area contributed by atoms with Gasteiger partial charge in [-0.05, 0) is 17.2 Å². The van der Waals surface area contributed by atoms with Gasteiger partial charge in [0.1, 0.15) is 0 Å². The van der Waals surface area contributed by atoms with Gasteiger partial charge in [-0.1, -0.05) is 60.1 Å². The third kappa shape index (κ3) is 3.43. The van der Waals surface area contributed by atoms with Crippen LogP contribution in [-0.2, 0) is 13.1 Å². The second-order valence-corrected chi connectivity index (χ2v) is 5.65. The maximum absolute atomic E-state index is 12.3. The van der Waals surface area contributed by atoms with E-state index in [0.29, 0.717) is 11.6 Å². The molecule has 3 aromatic rings. The minimum atomic E-state index is -0.552. The molecule has 0 atom stereocenters. The molecular formula is C18H15ClN2O2. The van der Waals surface area contributed by atoms with Crippen molar-refractivity contribution in [1.29, 1.82) is 0 Å². The van der Waals surface area contributed by atoms with Crippen LogP contribution in [0.3, 0.4) is 0 Å². The van der Waals surface area contributed by atoms with Gasteiger partial charge in [-0.15, -0.1) is 0 Å². The van der Waals surface area contributed by atoms with Crippen LogP contribution in [0.15, 0.2) is 76.6 Å². The Hall–Kier alpha value is -2.59. The quantitative estimate of drug-likeness (QED) is 0.692. The standard InChI is InChI=1S/C18H15ClN2O2/c19-16-9-5-4-8-15(16)13-21-11-10-20(17(22)18(21)23)12-14-6-2-1-3-7-14/h1-11H,12-13H2. The molecule has 0 unspecified atom stereocenters. The SMILES string of the molecule is O=c1c(=O)n(Cc2ccccc2Cl)ccn1Cc1ccccc1. The molecule has 116 valence electrons. The van der Waals surface area contributed by atoms with E-state index in [1.807, 2.05) is 48.5 Å². The maximum Gasteiger partial charge on any atom is 0.316 e. The van der Waals surface area contributed by atoms with Crippen LogP contribution in [0.4, 0.5) is 0 Å². The van der Waals surface area contributed by atoms with E-state index >= 15 is 0 Å². The monoisotopic (exact) mass is 326 g/mol. The summed E-state index contributed by atoms with van der Waals surface area (Å²) in [4.78, 5) is 24.5. The van der Waals surface area contributed by atoms with E-state index in [4.69, 9.17) is 11.6 Å². The van der Waals surface area contributed by atoms with Crippen LogP contribution in [-0.4, -0.2) is 9.13 Å². The summed E-state index contributed by atoms with van der Waals surface area (Å²) < 4.78 is 2.80. The zero-order chi connectivity index (χ0) is 16.2. The molecule has 1 aromatic heterocycles. The number of halogens is 1. The lowest BCUT2D eigenvalue weighted by atomic mass is 10.2. The topological polar surface area (TPSA) is 44.0 Å². The van der Waals surface area contributed by atoms with Gasteiger partial charge in [0.15, 0.2) is 0 Å². The molecule has 0 N–H and O–H groups in total. The Morgan fingerprint density at radius 3 is 1.96 bits per heavy atom. The first-order valence-corrected chi connectivity index (χ1v) is 7.60. The normalized spacial score (nSPS) is 10.7. The summed E-state index contributed by atoms with van der Waals surface area (Å²) in [5.74, 6) is 0. The van der Waals surface area contributed by atoms with Crippen molar-refractivity contribution in [2.24, 2.45) is 0 Å². The van der Waals surface area contributed by atoms with Crippen LogP contribution in [0.2, 0.25) is 5.02 Å². The Morgan fingerprint density at radius 1 is 0.739 bits per heavy atom. The summed E-state index contributed by atoms with van der Waals surface area (Å²) in [6.07, 6.45) is 3.25. The van der Waals surface area contributed by atoms with Crippen molar-refractivity contribution in [2.75, 3.05) is 0 Å². The molecule has 0 aliphatic heterocycles. The smallest absolute Gasteiger partial charge is 0.305 e. The number of nitrogens with zero attached hydrogens (tertiary/aromatic N) is 2. The number of hydrogen-bond acceptors (Lipinski definition) is 2. The lowest BCUT2D eigenvalue weighted by Crippen LogP contribution is -2.40. The minimum absolute atomic E-state index is 0.278. The zero-order valence-corrected chi connectivity index (χ0v) is 13.1. The van der Waals surface area contributed by atoms with E-state index in [-0.39, 0.29) is 6.54 Å². The summed E-state index contributed by atoms with van der Waals surface area (Å²) >= 11 is 6.11. The molecule has 0 saturated carbocycles. The fourth-order valence-electron chi connectivity index (χ4n) is 2.38. The molecule has 0 amide bonds. The van der Waals surface area contributed by atoms with Crippen molar-refractivity contribution in [3.05, 3.63) is 104 Å². The molecule has 0 spiro atoms. The molecular weight excluding hydrogens is 312 g/mol. The lowest BCUT2D eigenvalue weighted by molar-refractivity contribution is 0.666. The highest BCUT2D eigenvalue weighted by Gasteiger charge is 2.07.